The van der Waals surface area contributed by atoms with Crippen molar-refractivity contribution in [2.75, 3.05) is 51.2 Å². The number of carboxylic acids is 1. The van der Waals surface area contributed by atoms with E-state index in [1.165, 1.54) is 15.9 Å². The zero-order valence-electron chi connectivity index (χ0n) is 28.5. The van der Waals surface area contributed by atoms with E-state index in [0.29, 0.717) is 38.5 Å². The number of halogens is 3. The van der Waals surface area contributed by atoms with Crippen molar-refractivity contribution in [3.05, 3.63) is 60.0 Å². The number of benzene rings is 2. The molecule has 2 aliphatic heterocycles. The number of para-hydroxylation sites is 1. The quantitative estimate of drug-likeness (QED) is 0.279. The fraction of sp³-hybridized carbons (Fsp3) is 0.455. The predicted octanol–water partition coefficient (Wildman–Crippen LogP) is 3.55. The second-order valence-corrected chi connectivity index (χ2v) is 12.6. The number of hydrogen-bond acceptors (Lipinski definition) is 11. The van der Waals surface area contributed by atoms with E-state index >= 15 is 0 Å². The van der Waals surface area contributed by atoms with Crippen molar-refractivity contribution in [2.24, 2.45) is 0 Å². The number of aromatic nitrogens is 2. The summed E-state index contributed by atoms with van der Waals surface area (Å²) in [6.07, 6.45) is -5.17. The van der Waals surface area contributed by atoms with Gasteiger partial charge in [0.05, 0.1) is 17.8 Å². The van der Waals surface area contributed by atoms with Crippen molar-refractivity contribution in [1.29, 1.82) is 0 Å². The van der Waals surface area contributed by atoms with Crippen LogP contribution < -0.4 is 20.7 Å². The first kappa shape index (κ1) is 38.6. The van der Waals surface area contributed by atoms with E-state index in [2.05, 4.69) is 26.1 Å². The molecule has 3 heterocycles. The average Bonchev–Trinajstić information content (AvgIpc) is 3.57. The van der Waals surface area contributed by atoms with E-state index in [9.17, 15) is 32.3 Å². The van der Waals surface area contributed by atoms with Gasteiger partial charge in [0.25, 0.3) is 11.8 Å². The standard InChI is InChI=1S/C23H22F3N5O4.C10H18N2O4/c1-14(32)28-18-8-7-15(11-17(18)23(24,25)26)21-29-22(35-30-21)19-12-27-9-10-31(19)20(33)13-34-16-5-3-2-4-6-16;1-10(2,3)16-9(15)12-5-4-11-7(6-12)8(13)14/h2-8,11,19,27H,9-10,12-13H2,1H3,(H,28,32);7,11H,4-6H2,1-3H3,(H,13,14). The van der Waals surface area contributed by atoms with Crippen LogP contribution in [0.2, 0.25) is 0 Å². The lowest BCUT2D eigenvalue weighted by atomic mass is 10.1. The Labute approximate surface area is 291 Å². The highest BCUT2D eigenvalue weighted by Crippen LogP contribution is 2.37. The number of anilines is 1. The molecule has 2 unspecified atom stereocenters. The highest BCUT2D eigenvalue weighted by atomic mass is 19.4. The molecule has 0 spiro atoms. The molecule has 15 nitrogen and oxygen atoms in total. The van der Waals surface area contributed by atoms with Gasteiger partial charge in [-0.25, -0.2) is 4.79 Å². The number of alkyl halides is 3. The van der Waals surface area contributed by atoms with Crippen LogP contribution in [0.4, 0.5) is 23.7 Å². The minimum absolute atomic E-state index is 0.0514. The topological polar surface area (TPSA) is 188 Å². The molecule has 2 fully saturated rings. The molecule has 3 aromatic rings. The Balaban J connectivity index is 0.000000306. The van der Waals surface area contributed by atoms with Gasteiger partial charge in [-0.1, -0.05) is 23.4 Å². The predicted molar refractivity (Wildman–Crippen MR) is 176 cm³/mol. The Bertz CT molecular complexity index is 1680. The zero-order valence-corrected chi connectivity index (χ0v) is 28.5. The molecule has 2 aliphatic rings. The summed E-state index contributed by atoms with van der Waals surface area (Å²) in [6.45, 7) is 8.59. The maximum Gasteiger partial charge on any atom is 0.418 e. The Morgan fingerprint density at radius 1 is 1.06 bits per heavy atom. The monoisotopic (exact) mass is 719 g/mol. The molecule has 0 bridgehead atoms. The molecule has 1 aromatic heterocycles. The van der Waals surface area contributed by atoms with Crippen molar-refractivity contribution in [2.45, 2.75) is 51.6 Å². The molecule has 3 amide bonds. The summed E-state index contributed by atoms with van der Waals surface area (Å²) in [4.78, 5) is 53.8. The Morgan fingerprint density at radius 3 is 2.43 bits per heavy atom. The van der Waals surface area contributed by atoms with Gasteiger partial charge in [0.15, 0.2) is 6.61 Å². The van der Waals surface area contributed by atoms with Crippen molar-refractivity contribution in [1.82, 2.24) is 30.6 Å². The van der Waals surface area contributed by atoms with Gasteiger partial charge in [0.1, 0.15) is 23.4 Å². The van der Waals surface area contributed by atoms with Crippen LogP contribution >= 0.6 is 0 Å². The maximum atomic E-state index is 13.5. The maximum absolute atomic E-state index is 13.5. The molecule has 4 N–H and O–H groups in total. The first-order valence-corrected chi connectivity index (χ1v) is 16.0. The van der Waals surface area contributed by atoms with Crippen molar-refractivity contribution in [3.63, 3.8) is 0 Å². The third-order valence-electron chi connectivity index (χ3n) is 7.42. The fourth-order valence-electron chi connectivity index (χ4n) is 5.08. The molecule has 0 radical (unpaired) electrons. The van der Waals surface area contributed by atoms with Crippen LogP contribution in [-0.4, -0.2) is 106 Å². The first-order valence-electron chi connectivity index (χ1n) is 16.0. The number of piperazine rings is 2. The number of nitrogens with one attached hydrogen (secondary N) is 3. The van der Waals surface area contributed by atoms with Crippen LogP contribution in [0.15, 0.2) is 53.1 Å². The van der Waals surface area contributed by atoms with E-state index in [0.717, 1.165) is 19.1 Å². The van der Waals surface area contributed by atoms with Crippen molar-refractivity contribution < 1.29 is 51.5 Å². The Morgan fingerprint density at radius 2 is 1.78 bits per heavy atom. The molecule has 0 aliphatic carbocycles. The molecule has 2 aromatic carbocycles. The van der Waals surface area contributed by atoms with Gasteiger partial charge >= 0.3 is 18.2 Å². The summed E-state index contributed by atoms with van der Waals surface area (Å²) in [5, 5.41) is 20.8. The second-order valence-electron chi connectivity index (χ2n) is 12.6. The van der Waals surface area contributed by atoms with Crippen LogP contribution in [0, 0.1) is 0 Å². The average molecular weight is 720 g/mol. The molecule has 2 atom stereocenters. The van der Waals surface area contributed by atoms with Gasteiger partial charge in [-0.05, 0) is 51.1 Å². The van der Waals surface area contributed by atoms with Gasteiger partial charge in [0, 0.05) is 45.2 Å². The van der Waals surface area contributed by atoms with Gasteiger partial charge in [0.2, 0.25) is 11.7 Å². The number of amides is 3. The van der Waals surface area contributed by atoms with E-state index in [1.807, 2.05) is 6.07 Å². The minimum atomic E-state index is -4.71. The lowest BCUT2D eigenvalue weighted by molar-refractivity contribution is -0.140. The number of hydrogen-bond donors (Lipinski definition) is 4. The Hall–Kier alpha value is -5.23. The molecule has 0 saturated carbocycles. The number of carbonyl (C=O) groups is 4. The number of ether oxygens (including phenoxy) is 2. The summed E-state index contributed by atoms with van der Waals surface area (Å²) in [5.41, 5.74) is -1.91. The normalized spacial score (nSPS) is 17.9. The van der Waals surface area contributed by atoms with Gasteiger partial charge in [-0.3, -0.25) is 14.4 Å². The summed E-state index contributed by atoms with van der Waals surface area (Å²) in [6, 6.07) is 10.9. The SMILES string of the molecule is CC(=O)Nc1ccc(-c2noc(C3CNCCN3C(=O)COc3ccccc3)n2)cc1C(F)(F)F.CC(C)(C)OC(=O)N1CCNC(C(=O)O)C1. The number of rotatable bonds is 7. The van der Waals surface area contributed by atoms with Gasteiger partial charge in [-0.15, -0.1) is 0 Å². The third-order valence-corrected chi connectivity index (χ3v) is 7.42. The van der Waals surface area contributed by atoms with Crippen LogP contribution in [0.5, 0.6) is 5.75 Å². The van der Waals surface area contributed by atoms with Crippen molar-refractivity contribution >= 4 is 29.6 Å². The number of aliphatic carboxylic acids is 1. The molecule has 18 heteroatoms. The van der Waals surface area contributed by atoms with Gasteiger partial charge < -0.3 is 44.9 Å². The number of nitrogens with zero attached hydrogens (tertiary/aromatic N) is 4. The highest BCUT2D eigenvalue weighted by molar-refractivity contribution is 5.90. The minimum Gasteiger partial charge on any atom is -0.484 e. The number of carboxylic acid groups (broad SMARTS) is 1. The molecule has 2 saturated heterocycles. The Kier molecular flexibility index (Phi) is 12.6. The molecule has 276 valence electrons. The fourth-order valence-corrected chi connectivity index (χ4v) is 5.08. The smallest absolute Gasteiger partial charge is 0.418 e. The molecular weight excluding hydrogens is 679 g/mol. The molecule has 51 heavy (non-hydrogen) atoms. The van der Waals surface area contributed by atoms with Crippen LogP contribution in [0.25, 0.3) is 11.4 Å². The second kappa shape index (κ2) is 16.7. The third kappa shape index (κ3) is 11.1. The lowest BCUT2D eigenvalue weighted by Gasteiger charge is -2.33. The number of carbonyl (C=O) groups excluding carboxylic acids is 3. The van der Waals surface area contributed by atoms with Gasteiger partial charge in [-0.2, -0.15) is 18.2 Å². The van der Waals surface area contributed by atoms with Crippen LogP contribution in [0.3, 0.4) is 0 Å². The van der Waals surface area contributed by atoms with Crippen molar-refractivity contribution in [3.8, 4) is 17.1 Å². The van der Waals surface area contributed by atoms with E-state index in [4.69, 9.17) is 19.1 Å². The lowest BCUT2D eigenvalue weighted by Crippen LogP contribution is -2.56. The first-order chi connectivity index (χ1) is 24.0. The summed E-state index contributed by atoms with van der Waals surface area (Å²) in [5.74, 6) is -1.31. The largest absolute Gasteiger partial charge is 0.484 e. The molecular formula is C33H40F3N7O8. The molecule has 5 rings (SSSR count). The highest BCUT2D eigenvalue weighted by Gasteiger charge is 2.36. The summed E-state index contributed by atoms with van der Waals surface area (Å²) in [7, 11) is 0. The summed E-state index contributed by atoms with van der Waals surface area (Å²) >= 11 is 0. The summed E-state index contributed by atoms with van der Waals surface area (Å²) < 4.78 is 56.7. The van der Waals surface area contributed by atoms with Crippen LogP contribution in [-0.2, 0) is 25.3 Å². The zero-order chi connectivity index (χ0) is 37.3. The van der Waals surface area contributed by atoms with E-state index < -0.39 is 47.4 Å². The van der Waals surface area contributed by atoms with Crippen LogP contribution in [0.1, 0.15) is 45.2 Å². The van der Waals surface area contributed by atoms with E-state index in [1.54, 1.807) is 45.0 Å². The van der Waals surface area contributed by atoms with E-state index in [-0.39, 0.29) is 42.0 Å².